The van der Waals surface area contributed by atoms with Gasteiger partial charge in [-0.25, -0.2) is 4.98 Å². The van der Waals surface area contributed by atoms with Gasteiger partial charge in [0, 0.05) is 18.2 Å². The topological polar surface area (TPSA) is 106 Å². The minimum atomic E-state index is -4.92. The molecule has 0 aliphatic heterocycles. The number of nitrogens with one attached hydrogen (secondary N) is 1. The molecule has 0 spiro atoms. The summed E-state index contributed by atoms with van der Waals surface area (Å²) in [4.78, 5) is 24.9. The maximum Gasteiger partial charge on any atom is 0.426 e. The Morgan fingerprint density at radius 1 is 1.03 bits per heavy atom. The van der Waals surface area contributed by atoms with Crippen LogP contribution in [0.5, 0.6) is 11.8 Å². The molecule has 1 amide bonds. The number of alkyl halides is 3. The molecular weight excluding hydrogens is 537 g/mol. The molecule has 0 saturated carbocycles. The lowest BCUT2D eigenvalue weighted by molar-refractivity contribution is -0.254. The number of rotatable bonds is 8. The van der Waals surface area contributed by atoms with Gasteiger partial charge >= 0.3 is 12.2 Å². The number of aromatic hydroxyl groups is 1. The number of carbonyl (C=O) groups excluding carboxylic acids is 1. The highest BCUT2D eigenvalue weighted by atomic mass is 35.5. The van der Waals surface area contributed by atoms with Crippen LogP contribution >= 0.6 is 11.6 Å². The minimum absolute atomic E-state index is 0.0105. The van der Waals surface area contributed by atoms with Crippen molar-refractivity contribution in [2.75, 3.05) is 13.7 Å². The number of ether oxygens (including phenoxy) is 2. The van der Waals surface area contributed by atoms with E-state index in [1.54, 1.807) is 30.3 Å². The number of amides is 1. The molecule has 39 heavy (non-hydrogen) atoms. The number of nitrogens with zero attached hydrogens (tertiary/aromatic N) is 3. The van der Waals surface area contributed by atoms with E-state index in [1.165, 1.54) is 19.1 Å². The van der Waals surface area contributed by atoms with Crippen LogP contribution in [0.25, 0.3) is 22.8 Å². The van der Waals surface area contributed by atoms with Crippen molar-refractivity contribution in [3.63, 3.8) is 0 Å². The van der Waals surface area contributed by atoms with Gasteiger partial charge in [-0.3, -0.25) is 4.79 Å². The molecule has 0 radical (unpaired) electrons. The van der Waals surface area contributed by atoms with E-state index in [0.29, 0.717) is 30.4 Å². The van der Waals surface area contributed by atoms with Crippen molar-refractivity contribution in [3.8, 4) is 34.5 Å². The number of carbonyl (C=O) groups is 1. The highest BCUT2D eigenvalue weighted by Crippen LogP contribution is 2.35. The Hall–Kier alpha value is -3.44. The molecule has 0 bridgehead atoms. The number of aromatic nitrogens is 3. The lowest BCUT2D eigenvalue weighted by atomic mass is 9.99. The molecule has 12 heteroatoms. The third-order valence-electron chi connectivity index (χ3n) is 5.87. The first-order valence-electron chi connectivity index (χ1n) is 11.9. The number of hydrogen-bond acceptors (Lipinski definition) is 7. The fourth-order valence-electron chi connectivity index (χ4n) is 3.35. The van der Waals surface area contributed by atoms with E-state index in [9.17, 15) is 23.1 Å². The maximum atomic E-state index is 13.4. The zero-order valence-corrected chi connectivity index (χ0v) is 23.1. The Labute approximate surface area is 229 Å². The zero-order chi connectivity index (χ0) is 29.2. The van der Waals surface area contributed by atoms with Gasteiger partial charge in [0.05, 0.1) is 17.7 Å². The molecular formula is C27H30ClF3N4O4. The Morgan fingerprint density at radius 3 is 2.21 bits per heavy atom. The largest absolute Gasteiger partial charge is 0.493 e. The van der Waals surface area contributed by atoms with Crippen molar-refractivity contribution in [1.29, 1.82) is 0 Å². The molecule has 2 atom stereocenters. The van der Waals surface area contributed by atoms with Gasteiger partial charge in [0.15, 0.2) is 11.6 Å². The van der Waals surface area contributed by atoms with Crippen LogP contribution < -0.4 is 10.1 Å². The van der Waals surface area contributed by atoms with Crippen LogP contribution in [0.3, 0.4) is 0 Å². The van der Waals surface area contributed by atoms with Gasteiger partial charge in [0.1, 0.15) is 5.75 Å². The smallest absolute Gasteiger partial charge is 0.426 e. The standard InChI is InChI=1S/C27H30ClF3N4O4/c1-15(32-23(36)26(5,38-6)27(29,30)31)17-9-12-20(28)19(13-17)22-33-21(34-24(37)35-22)16-7-10-18(11-8-16)39-14-25(2,3)4/h7-13,15H,14H2,1-6H3,(H,32,36)(H,33,34,35,37)/t15?,26-/m1/s1. The Morgan fingerprint density at radius 2 is 1.64 bits per heavy atom. The van der Waals surface area contributed by atoms with E-state index >= 15 is 0 Å². The number of benzene rings is 2. The second-order valence-corrected chi connectivity index (χ2v) is 10.7. The average Bonchev–Trinajstić information content (AvgIpc) is 2.85. The third kappa shape index (κ3) is 7.15. The first-order chi connectivity index (χ1) is 18.0. The van der Waals surface area contributed by atoms with Gasteiger partial charge in [-0.1, -0.05) is 38.4 Å². The van der Waals surface area contributed by atoms with Gasteiger partial charge in [-0.15, -0.1) is 0 Å². The lowest BCUT2D eigenvalue weighted by Gasteiger charge is -2.30. The van der Waals surface area contributed by atoms with Gasteiger partial charge in [0.25, 0.3) is 5.91 Å². The molecule has 1 unspecified atom stereocenters. The summed E-state index contributed by atoms with van der Waals surface area (Å²) in [6.07, 6.45) is -4.92. The Balaban J connectivity index is 1.89. The van der Waals surface area contributed by atoms with Crippen LogP contribution in [0.2, 0.25) is 5.02 Å². The van der Waals surface area contributed by atoms with Crippen LogP contribution in [0, 0.1) is 5.41 Å². The van der Waals surface area contributed by atoms with E-state index in [-0.39, 0.29) is 27.6 Å². The quantitative estimate of drug-likeness (QED) is 0.337. The second-order valence-electron chi connectivity index (χ2n) is 10.3. The molecule has 3 aromatic rings. The number of halogens is 4. The highest BCUT2D eigenvalue weighted by Gasteiger charge is 2.57. The van der Waals surface area contributed by atoms with Crippen LogP contribution in [-0.4, -0.2) is 51.5 Å². The zero-order valence-electron chi connectivity index (χ0n) is 22.4. The number of methoxy groups -OCH3 is 1. The summed E-state index contributed by atoms with van der Waals surface area (Å²) in [7, 11) is 0.815. The predicted octanol–water partition coefficient (Wildman–Crippen LogP) is 6.13. The predicted molar refractivity (Wildman–Crippen MR) is 140 cm³/mol. The normalized spacial score (nSPS) is 14.4. The molecule has 2 aromatic carbocycles. The molecule has 2 N–H and O–H groups in total. The lowest BCUT2D eigenvalue weighted by Crippen LogP contribution is -2.56. The van der Waals surface area contributed by atoms with E-state index in [1.807, 2.05) is 0 Å². The van der Waals surface area contributed by atoms with Crippen molar-refractivity contribution in [1.82, 2.24) is 20.3 Å². The molecule has 210 valence electrons. The van der Waals surface area contributed by atoms with Gasteiger partial charge in [-0.05, 0) is 61.2 Å². The van der Waals surface area contributed by atoms with Crippen molar-refractivity contribution < 1.29 is 32.5 Å². The first-order valence-corrected chi connectivity index (χ1v) is 12.3. The Bertz CT molecular complexity index is 1330. The first kappa shape index (κ1) is 30.1. The van der Waals surface area contributed by atoms with Crippen molar-refractivity contribution in [2.45, 2.75) is 52.4 Å². The molecule has 8 nitrogen and oxygen atoms in total. The minimum Gasteiger partial charge on any atom is -0.493 e. The van der Waals surface area contributed by atoms with E-state index in [0.717, 1.165) is 7.11 Å². The summed E-state index contributed by atoms with van der Waals surface area (Å²) in [5.41, 5.74) is -1.76. The monoisotopic (exact) mass is 566 g/mol. The molecule has 1 aromatic heterocycles. The molecule has 0 saturated heterocycles. The average molecular weight is 567 g/mol. The second kappa shape index (κ2) is 11.4. The van der Waals surface area contributed by atoms with Crippen LogP contribution in [0.1, 0.15) is 46.2 Å². The van der Waals surface area contributed by atoms with Crippen molar-refractivity contribution in [2.24, 2.45) is 5.41 Å². The molecule has 0 fully saturated rings. The van der Waals surface area contributed by atoms with Crippen LogP contribution in [0.4, 0.5) is 13.2 Å². The summed E-state index contributed by atoms with van der Waals surface area (Å²) in [6, 6.07) is 10.1. The van der Waals surface area contributed by atoms with Gasteiger partial charge in [0.2, 0.25) is 5.60 Å². The molecule has 1 heterocycles. The van der Waals surface area contributed by atoms with Gasteiger partial charge < -0.3 is 19.9 Å². The SMILES string of the molecule is CO[C@](C)(C(=O)NC(C)c1ccc(Cl)c(-c2nc(O)nc(-c3ccc(OCC(C)(C)C)cc3)n2)c1)C(F)(F)F. The summed E-state index contributed by atoms with van der Waals surface area (Å²) >= 11 is 6.38. The van der Waals surface area contributed by atoms with E-state index in [4.69, 9.17) is 16.3 Å². The van der Waals surface area contributed by atoms with Gasteiger partial charge in [-0.2, -0.15) is 23.1 Å². The van der Waals surface area contributed by atoms with Crippen LogP contribution in [-0.2, 0) is 9.53 Å². The fraction of sp³-hybridized carbons (Fsp3) is 0.407. The summed E-state index contributed by atoms with van der Waals surface area (Å²) in [6.45, 7) is 8.87. The molecule has 0 aliphatic carbocycles. The summed E-state index contributed by atoms with van der Waals surface area (Å²) in [5.74, 6) is -0.484. The van der Waals surface area contributed by atoms with Crippen LogP contribution in [0.15, 0.2) is 42.5 Å². The van der Waals surface area contributed by atoms with E-state index < -0.39 is 29.7 Å². The third-order valence-corrected chi connectivity index (χ3v) is 6.20. The fourth-order valence-corrected chi connectivity index (χ4v) is 3.55. The van der Waals surface area contributed by atoms with E-state index in [2.05, 4.69) is 45.8 Å². The number of hydrogen-bond donors (Lipinski definition) is 2. The molecule has 0 aliphatic rings. The van der Waals surface area contributed by atoms with Crippen molar-refractivity contribution >= 4 is 17.5 Å². The summed E-state index contributed by atoms with van der Waals surface area (Å²) in [5, 5.41) is 12.8. The Kier molecular flexibility index (Phi) is 8.76. The maximum absolute atomic E-state index is 13.4. The van der Waals surface area contributed by atoms with Crippen molar-refractivity contribution in [3.05, 3.63) is 53.1 Å². The highest BCUT2D eigenvalue weighted by molar-refractivity contribution is 6.33. The summed E-state index contributed by atoms with van der Waals surface area (Å²) < 4.78 is 50.5. The molecule has 3 rings (SSSR count).